The summed E-state index contributed by atoms with van der Waals surface area (Å²) in [5, 5.41) is 0. The molecule has 0 radical (unpaired) electrons. The number of hydrogen-bond donors (Lipinski definition) is 0. The maximum Gasteiger partial charge on any atom is 0.274 e. The van der Waals surface area contributed by atoms with Crippen molar-refractivity contribution in [3.05, 3.63) is 29.7 Å². The lowest BCUT2D eigenvalue weighted by atomic mass is 9.83. The van der Waals surface area contributed by atoms with E-state index in [2.05, 4.69) is 9.97 Å². The predicted molar refractivity (Wildman–Crippen MR) is 96.8 cm³/mol. The molecule has 0 N–H and O–H groups in total. The first-order valence-electron chi connectivity index (χ1n) is 9.14. The average molecular weight is 358 g/mol. The largest absolute Gasteiger partial charge is 0.480 e. The number of carbonyl (C=O) groups is 2. The lowest BCUT2D eigenvalue weighted by Crippen LogP contribution is -2.56. The van der Waals surface area contributed by atoms with E-state index in [4.69, 9.17) is 4.74 Å². The zero-order valence-electron chi connectivity index (χ0n) is 15.6. The van der Waals surface area contributed by atoms with Crippen molar-refractivity contribution in [2.24, 2.45) is 5.92 Å². The molecule has 7 nitrogen and oxygen atoms in total. The van der Waals surface area contributed by atoms with Crippen molar-refractivity contribution < 1.29 is 14.3 Å². The number of fused-ring (bicyclic) bond motifs is 1. The van der Waals surface area contributed by atoms with Crippen molar-refractivity contribution in [3.8, 4) is 5.88 Å². The third-order valence-corrected chi connectivity index (χ3v) is 5.43. The molecule has 2 aliphatic heterocycles. The average Bonchev–Trinajstić information content (AvgIpc) is 2.71. The number of aromatic nitrogens is 2. The second kappa shape index (κ2) is 7.85. The van der Waals surface area contributed by atoms with Crippen LogP contribution in [0.2, 0.25) is 0 Å². The van der Waals surface area contributed by atoms with E-state index < -0.39 is 0 Å². The van der Waals surface area contributed by atoms with Crippen molar-refractivity contribution in [1.82, 2.24) is 19.8 Å². The fourth-order valence-corrected chi connectivity index (χ4v) is 3.90. The van der Waals surface area contributed by atoms with E-state index in [1.54, 1.807) is 0 Å². The number of hydrogen-bond acceptors (Lipinski definition) is 5. The summed E-state index contributed by atoms with van der Waals surface area (Å²) in [5.74, 6) is 0.652. The molecule has 26 heavy (non-hydrogen) atoms. The van der Waals surface area contributed by atoms with Crippen molar-refractivity contribution in [3.63, 3.8) is 0 Å². The quantitative estimate of drug-likeness (QED) is 0.772. The monoisotopic (exact) mass is 358 g/mol. The van der Waals surface area contributed by atoms with Gasteiger partial charge in [-0.15, -0.1) is 0 Å². The first kappa shape index (κ1) is 18.4. The zero-order valence-corrected chi connectivity index (χ0v) is 15.6. The minimum atomic E-state index is -0.122. The summed E-state index contributed by atoms with van der Waals surface area (Å²) in [7, 11) is 1.50. The van der Waals surface area contributed by atoms with Gasteiger partial charge in [0, 0.05) is 31.2 Å². The molecule has 0 aromatic carbocycles. The second-order valence-corrected chi connectivity index (χ2v) is 6.93. The Labute approximate surface area is 154 Å². The van der Waals surface area contributed by atoms with Gasteiger partial charge in [-0.3, -0.25) is 14.6 Å². The normalized spacial score (nSPS) is 23.4. The van der Waals surface area contributed by atoms with Crippen LogP contribution in [0.15, 0.2) is 24.0 Å². The highest BCUT2D eigenvalue weighted by molar-refractivity contribution is 5.93. The van der Waals surface area contributed by atoms with Gasteiger partial charge in [0.15, 0.2) is 5.69 Å². The number of amides is 2. The van der Waals surface area contributed by atoms with Crippen LogP contribution in [-0.4, -0.2) is 64.4 Å². The summed E-state index contributed by atoms with van der Waals surface area (Å²) in [6.45, 7) is 5.84. The topological polar surface area (TPSA) is 75.6 Å². The summed E-state index contributed by atoms with van der Waals surface area (Å²) in [5.41, 5.74) is 1.09. The van der Waals surface area contributed by atoms with Crippen LogP contribution in [0.25, 0.3) is 0 Å². The van der Waals surface area contributed by atoms with Gasteiger partial charge in [0.05, 0.1) is 19.5 Å². The molecule has 140 valence electrons. The molecule has 3 rings (SSSR count). The van der Waals surface area contributed by atoms with Crippen LogP contribution < -0.4 is 4.74 Å². The van der Waals surface area contributed by atoms with Gasteiger partial charge in [-0.25, -0.2) is 4.98 Å². The van der Waals surface area contributed by atoms with E-state index in [0.29, 0.717) is 30.6 Å². The maximum atomic E-state index is 12.8. The van der Waals surface area contributed by atoms with Crippen LogP contribution in [0.1, 0.15) is 43.6 Å². The van der Waals surface area contributed by atoms with E-state index in [1.807, 2.05) is 29.7 Å². The molecule has 2 saturated heterocycles. The molecule has 2 amide bonds. The van der Waals surface area contributed by atoms with Crippen LogP contribution in [0, 0.1) is 5.92 Å². The van der Waals surface area contributed by atoms with Crippen molar-refractivity contribution in [2.45, 2.75) is 39.2 Å². The van der Waals surface area contributed by atoms with Gasteiger partial charge >= 0.3 is 0 Å². The number of likely N-dealkylation sites (tertiary alicyclic amines) is 2. The Kier molecular flexibility index (Phi) is 5.54. The van der Waals surface area contributed by atoms with Crippen LogP contribution in [0.5, 0.6) is 5.88 Å². The van der Waals surface area contributed by atoms with Gasteiger partial charge in [0.25, 0.3) is 5.91 Å². The van der Waals surface area contributed by atoms with Crippen molar-refractivity contribution in [1.29, 1.82) is 0 Å². The molecule has 2 atom stereocenters. The second-order valence-electron chi connectivity index (χ2n) is 6.93. The molecular formula is C19H26N4O3. The number of nitrogens with zero attached hydrogens (tertiary/aromatic N) is 4. The zero-order chi connectivity index (χ0) is 18.7. The molecule has 2 aliphatic rings. The van der Waals surface area contributed by atoms with Crippen LogP contribution in [0.3, 0.4) is 0 Å². The van der Waals surface area contributed by atoms with E-state index in [1.165, 1.54) is 19.5 Å². The minimum Gasteiger partial charge on any atom is -0.480 e. The van der Waals surface area contributed by atoms with Crippen molar-refractivity contribution >= 4 is 11.8 Å². The van der Waals surface area contributed by atoms with E-state index in [9.17, 15) is 9.59 Å². The first-order chi connectivity index (χ1) is 12.5. The van der Waals surface area contributed by atoms with Crippen LogP contribution in [0.4, 0.5) is 0 Å². The molecule has 7 heteroatoms. The van der Waals surface area contributed by atoms with E-state index >= 15 is 0 Å². The van der Waals surface area contributed by atoms with Gasteiger partial charge in [-0.05, 0) is 39.0 Å². The van der Waals surface area contributed by atoms with Gasteiger partial charge in [-0.2, -0.15) is 0 Å². The molecule has 0 bridgehead atoms. The van der Waals surface area contributed by atoms with Gasteiger partial charge in [0.1, 0.15) is 0 Å². The third kappa shape index (κ3) is 3.57. The smallest absolute Gasteiger partial charge is 0.274 e. The Bertz CT molecular complexity index is 718. The summed E-state index contributed by atoms with van der Waals surface area (Å²) in [4.78, 5) is 37.5. The summed E-state index contributed by atoms with van der Waals surface area (Å²) in [6.07, 6.45) is 7.64. The van der Waals surface area contributed by atoms with Crippen LogP contribution >= 0.6 is 0 Å². The number of ether oxygens (including phenoxy) is 1. The highest BCUT2D eigenvalue weighted by atomic mass is 16.5. The van der Waals surface area contributed by atoms with E-state index in [0.717, 1.165) is 31.4 Å². The Balaban J connectivity index is 1.71. The SMILES string of the molecule is CC=C(C)C(=O)N1CCCC2CN(C(=O)c3cncc(OC)n3)CCC21. The van der Waals surface area contributed by atoms with Crippen molar-refractivity contribution in [2.75, 3.05) is 26.7 Å². The molecule has 2 fully saturated rings. The molecular weight excluding hydrogens is 332 g/mol. The van der Waals surface area contributed by atoms with Gasteiger partial charge in [0.2, 0.25) is 11.8 Å². The highest BCUT2D eigenvalue weighted by Crippen LogP contribution is 2.32. The molecule has 1 aromatic heterocycles. The third-order valence-electron chi connectivity index (χ3n) is 5.43. The standard InChI is InChI=1S/C19H26N4O3/c1-4-13(2)18(24)23-8-5-6-14-12-22(9-7-16(14)23)19(25)15-10-20-11-17(21-15)26-3/h4,10-11,14,16H,5-9,12H2,1-3H3. The predicted octanol–water partition coefficient (Wildman–Crippen LogP) is 1.90. The van der Waals surface area contributed by atoms with Crippen LogP contribution in [-0.2, 0) is 4.79 Å². The molecule has 0 aliphatic carbocycles. The fraction of sp³-hybridized carbons (Fsp3) is 0.579. The Morgan fingerprint density at radius 2 is 2.08 bits per heavy atom. The summed E-state index contributed by atoms with van der Waals surface area (Å²) in [6, 6.07) is 0.214. The summed E-state index contributed by atoms with van der Waals surface area (Å²) >= 11 is 0. The molecule has 0 saturated carbocycles. The van der Waals surface area contributed by atoms with Gasteiger partial charge < -0.3 is 14.5 Å². The molecule has 1 aromatic rings. The van der Waals surface area contributed by atoms with E-state index in [-0.39, 0.29) is 17.9 Å². The summed E-state index contributed by atoms with van der Waals surface area (Å²) < 4.78 is 5.06. The fourth-order valence-electron chi connectivity index (χ4n) is 3.90. The van der Waals surface area contributed by atoms with Gasteiger partial charge in [-0.1, -0.05) is 6.08 Å². The Hall–Kier alpha value is -2.44. The number of methoxy groups -OCH3 is 1. The highest BCUT2D eigenvalue weighted by Gasteiger charge is 2.39. The molecule has 2 unspecified atom stereocenters. The Morgan fingerprint density at radius 3 is 2.81 bits per heavy atom. The minimum absolute atomic E-state index is 0.122. The Morgan fingerprint density at radius 1 is 1.27 bits per heavy atom. The number of allylic oxidation sites excluding steroid dienone is 1. The molecule has 3 heterocycles. The number of piperidine rings is 2. The number of rotatable bonds is 3. The lowest BCUT2D eigenvalue weighted by Gasteiger charge is -2.47. The number of carbonyl (C=O) groups excluding carboxylic acids is 2. The first-order valence-corrected chi connectivity index (χ1v) is 9.14. The molecule has 0 spiro atoms. The lowest BCUT2D eigenvalue weighted by molar-refractivity contribution is -0.133. The maximum absolute atomic E-state index is 12.8.